The van der Waals surface area contributed by atoms with Gasteiger partial charge in [-0.15, -0.1) is 11.3 Å². The van der Waals surface area contributed by atoms with E-state index in [1.807, 2.05) is 0 Å². The third kappa shape index (κ3) is 2.22. The number of carboxylic acid groups (broad SMARTS) is 1. The largest absolute Gasteiger partial charge is 0.477 e. The number of hydrogen-bond acceptors (Lipinski definition) is 4. The van der Waals surface area contributed by atoms with Crippen molar-refractivity contribution < 1.29 is 18.3 Å². The summed E-state index contributed by atoms with van der Waals surface area (Å²) in [7, 11) is -3.87. The Labute approximate surface area is 125 Å². The van der Waals surface area contributed by atoms with E-state index >= 15 is 0 Å². The van der Waals surface area contributed by atoms with Crippen molar-refractivity contribution in [2.24, 2.45) is 0 Å². The Morgan fingerprint density at radius 2 is 1.57 bits per heavy atom. The SMILES string of the molecule is O=C(O)c1sc2ccccc2c1S(=O)(=O)c1ccccc1. The zero-order valence-electron chi connectivity index (χ0n) is 10.7. The van der Waals surface area contributed by atoms with E-state index in [2.05, 4.69) is 0 Å². The summed E-state index contributed by atoms with van der Waals surface area (Å²) in [6.45, 7) is 0. The van der Waals surface area contributed by atoms with Gasteiger partial charge in [0.05, 0.1) is 4.90 Å². The number of thiophene rings is 1. The average Bonchev–Trinajstić information content (AvgIpc) is 2.88. The molecule has 0 unspecified atom stereocenters. The Hall–Kier alpha value is -2.18. The summed E-state index contributed by atoms with van der Waals surface area (Å²) in [5, 5.41) is 9.77. The van der Waals surface area contributed by atoms with E-state index in [1.165, 1.54) is 12.1 Å². The van der Waals surface area contributed by atoms with Crippen LogP contribution in [0.25, 0.3) is 10.1 Å². The number of sulfone groups is 1. The van der Waals surface area contributed by atoms with E-state index in [9.17, 15) is 18.3 Å². The predicted octanol–water partition coefficient (Wildman–Crippen LogP) is 3.43. The molecule has 0 fully saturated rings. The number of carboxylic acids is 1. The van der Waals surface area contributed by atoms with Crippen molar-refractivity contribution in [3.05, 3.63) is 59.5 Å². The Balaban J connectivity index is 2.39. The zero-order chi connectivity index (χ0) is 15.0. The first-order valence-electron chi connectivity index (χ1n) is 6.07. The van der Waals surface area contributed by atoms with Crippen LogP contribution in [0.3, 0.4) is 0 Å². The second-order valence-electron chi connectivity index (χ2n) is 4.38. The summed E-state index contributed by atoms with van der Waals surface area (Å²) in [5.74, 6) is -1.23. The summed E-state index contributed by atoms with van der Waals surface area (Å²) >= 11 is 0.975. The van der Waals surface area contributed by atoms with Crippen molar-refractivity contribution in [1.29, 1.82) is 0 Å². The number of hydrogen-bond donors (Lipinski definition) is 1. The molecule has 0 aliphatic carbocycles. The Morgan fingerprint density at radius 1 is 0.952 bits per heavy atom. The molecule has 4 nitrogen and oxygen atoms in total. The van der Waals surface area contributed by atoms with Crippen LogP contribution in [0, 0.1) is 0 Å². The molecule has 3 aromatic rings. The lowest BCUT2D eigenvalue weighted by Crippen LogP contribution is -2.06. The standard InChI is InChI=1S/C15H10O4S2/c16-15(17)13-14(11-8-4-5-9-12(11)20-13)21(18,19)10-6-2-1-3-7-10/h1-9H,(H,16,17). The second kappa shape index (κ2) is 4.98. The summed E-state index contributed by atoms with van der Waals surface area (Å²) < 4.78 is 26.2. The highest BCUT2D eigenvalue weighted by atomic mass is 32.2. The van der Waals surface area contributed by atoms with Gasteiger partial charge in [0, 0.05) is 10.1 Å². The number of fused-ring (bicyclic) bond motifs is 1. The van der Waals surface area contributed by atoms with E-state index in [1.54, 1.807) is 42.5 Å². The molecule has 0 aliphatic rings. The molecule has 0 radical (unpaired) electrons. The van der Waals surface area contributed by atoms with Gasteiger partial charge in [0.1, 0.15) is 9.77 Å². The highest BCUT2D eigenvalue weighted by Gasteiger charge is 2.29. The van der Waals surface area contributed by atoms with Gasteiger partial charge in [0.15, 0.2) is 0 Å². The monoisotopic (exact) mass is 318 g/mol. The smallest absolute Gasteiger partial charge is 0.347 e. The van der Waals surface area contributed by atoms with E-state index in [4.69, 9.17) is 0 Å². The van der Waals surface area contributed by atoms with Crippen molar-refractivity contribution in [2.75, 3.05) is 0 Å². The van der Waals surface area contributed by atoms with E-state index in [0.29, 0.717) is 10.1 Å². The molecule has 106 valence electrons. The van der Waals surface area contributed by atoms with Crippen LogP contribution in [0.2, 0.25) is 0 Å². The minimum Gasteiger partial charge on any atom is -0.477 e. The number of rotatable bonds is 3. The van der Waals surface area contributed by atoms with Crippen molar-refractivity contribution in [1.82, 2.24) is 0 Å². The highest BCUT2D eigenvalue weighted by Crippen LogP contribution is 2.37. The lowest BCUT2D eigenvalue weighted by Gasteiger charge is -2.04. The van der Waals surface area contributed by atoms with Gasteiger partial charge in [-0.05, 0) is 18.2 Å². The maximum Gasteiger partial charge on any atom is 0.347 e. The number of carbonyl (C=O) groups is 1. The third-order valence-electron chi connectivity index (χ3n) is 3.07. The quantitative estimate of drug-likeness (QED) is 0.803. The van der Waals surface area contributed by atoms with Crippen molar-refractivity contribution >= 4 is 37.2 Å². The van der Waals surface area contributed by atoms with Crippen LogP contribution >= 0.6 is 11.3 Å². The van der Waals surface area contributed by atoms with E-state index in [-0.39, 0.29) is 14.7 Å². The van der Waals surface area contributed by atoms with Crippen LogP contribution in [0.1, 0.15) is 9.67 Å². The fourth-order valence-electron chi connectivity index (χ4n) is 2.15. The molecule has 0 amide bonds. The van der Waals surface area contributed by atoms with E-state index < -0.39 is 15.8 Å². The molecule has 0 atom stereocenters. The maximum atomic E-state index is 12.8. The maximum absolute atomic E-state index is 12.8. The van der Waals surface area contributed by atoms with Gasteiger partial charge < -0.3 is 5.11 Å². The van der Waals surface area contributed by atoms with E-state index in [0.717, 1.165) is 11.3 Å². The Bertz CT molecular complexity index is 925. The first-order valence-corrected chi connectivity index (χ1v) is 8.37. The first kappa shape index (κ1) is 13.8. The molecular formula is C15H10O4S2. The van der Waals surface area contributed by atoms with Gasteiger partial charge >= 0.3 is 5.97 Å². The first-order chi connectivity index (χ1) is 10.0. The minimum atomic E-state index is -3.87. The van der Waals surface area contributed by atoms with Crippen molar-refractivity contribution in [3.8, 4) is 0 Å². The molecule has 0 spiro atoms. The molecule has 6 heteroatoms. The van der Waals surface area contributed by atoms with Crippen molar-refractivity contribution in [3.63, 3.8) is 0 Å². The fraction of sp³-hybridized carbons (Fsp3) is 0. The summed E-state index contributed by atoms with van der Waals surface area (Å²) in [6, 6.07) is 14.7. The van der Waals surface area contributed by atoms with Crippen LogP contribution in [-0.2, 0) is 9.84 Å². The lowest BCUT2D eigenvalue weighted by atomic mass is 10.2. The van der Waals surface area contributed by atoms with Gasteiger partial charge in [-0.3, -0.25) is 0 Å². The molecule has 0 aliphatic heterocycles. The van der Waals surface area contributed by atoms with Gasteiger partial charge in [-0.2, -0.15) is 0 Å². The van der Waals surface area contributed by atoms with Gasteiger partial charge in [0.2, 0.25) is 9.84 Å². The molecule has 2 aromatic carbocycles. The van der Waals surface area contributed by atoms with Crippen LogP contribution in [0.4, 0.5) is 0 Å². The molecule has 1 aromatic heterocycles. The van der Waals surface area contributed by atoms with Crippen LogP contribution in [-0.4, -0.2) is 19.5 Å². The topological polar surface area (TPSA) is 71.4 Å². The van der Waals surface area contributed by atoms with Crippen LogP contribution in [0.5, 0.6) is 0 Å². The molecule has 3 rings (SSSR count). The molecule has 0 bridgehead atoms. The predicted molar refractivity (Wildman–Crippen MR) is 80.7 cm³/mol. The van der Waals surface area contributed by atoms with Gasteiger partial charge in [0.25, 0.3) is 0 Å². The summed E-state index contributed by atoms with van der Waals surface area (Å²) in [5.41, 5.74) is 0. The average molecular weight is 318 g/mol. The Kier molecular flexibility index (Phi) is 3.27. The fourth-order valence-corrected chi connectivity index (χ4v) is 5.15. The molecule has 1 N–H and O–H groups in total. The lowest BCUT2D eigenvalue weighted by molar-refractivity contribution is 0.0698. The molecular weight excluding hydrogens is 308 g/mol. The number of benzene rings is 2. The normalized spacial score (nSPS) is 11.6. The molecule has 0 saturated carbocycles. The molecule has 0 saturated heterocycles. The minimum absolute atomic E-state index is 0.0936. The summed E-state index contributed by atoms with van der Waals surface area (Å²) in [6.07, 6.45) is 0. The van der Waals surface area contributed by atoms with Gasteiger partial charge in [-0.1, -0.05) is 36.4 Å². The molecule has 21 heavy (non-hydrogen) atoms. The Morgan fingerprint density at radius 3 is 2.24 bits per heavy atom. The van der Waals surface area contributed by atoms with Crippen LogP contribution < -0.4 is 0 Å². The summed E-state index contributed by atoms with van der Waals surface area (Å²) in [4.78, 5) is 11.2. The number of aromatic carboxylic acids is 1. The van der Waals surface area contributed by atoms with Crippen molar-refractivity contribution in [2.45, 2.75) is 9.79 Å². The van der Waals surface area contributed by atoms with Crippen LogP contribution in [0.15, 0.2) is 64.4 Å². The third-order valence-corrected chi connectivity index (χ3v) is 6.21. The van der Waals surface area contributed by atoms with Gasteiger partial charge in [-0.25, -0.2) is 13.2 Å². The highest BCUT2D eigenvalue weighted by molar-refractivity contribution is 7.92. The molecule has 1 heterocycles. The second-order valence-corrected chi connectivity index (χ2v) is 7.32. The zero-order valence-corrected chi connectivity index (χ0v) is 12.3.